The normalized spacial score (nSPS) is 10.6. The number of nitrogens with zero attached hydrogens (tertiary/aromatic N) is 1. The Balaban J connectivity index is 1.98. The van der Waals surface area contributed by atoms with Gasteiger partial charge in [-0.25, -0.2) is 0 Å². The first kappa shape index (κ1) is 11.1. The van der Waals surface area contributed by atoms with E-state index in [2.05, 4.69) is 45.3 Å². The van der Waals surface area contributed by atoms with Gasteiger partial charge in [-0.2, -0.15) is 5.10 Å². The quantitative estimate of drug-likeness (QED) is 0.520. The van der Waals surface area contributed by atoms with Gasteiger partial charge in [0.1, 0.15) is 0 Å². The first-order valence-corrected chi connectivity index (χ1v) is 6.02. The Morgan fingerprint density at radius 2 is 1.62 bits per heavy atom. The SMILES string of the molecule is Ic1ccc(/C=N/Nc2ccccc2)cc1. The highest BCUT2D eigenvalue weighted by Crippen LogP contribution is 2.06. The van der Waals surface area contributed by atoms with Crippen LogP contribution in [0.1, 0.15) is 5.56 Å². The number of rotatable bonds is 3. The molecule has 2 nitrogen and oxygen atoms in total. The third kappa shape index (κ3) is 3.34. The van der Waals surface area contributed by atoms with Crippen LogP contribution in [0.15, 0.2) is 59.7 Å². The molecule has 0 saturated heterocycles. The first-order valence-electron chi connectivity index (χ1n) is 4.94. The Hall–Kier alpha value is -1.36. The number of para-hydroxylation sites is 1. The summed E-state index contributed by atoms with van der Waals surface area (Å²) in [5.74, 6) is 0. The number of benzene rings is 2. The van der Waals surface area contributed by atoms with Gasteiger partial charge in [0.05, 0.1) is 11.9 Å². The number of hydrazone groups is 1. The number of halogens is 1. The van der Waals surface area contributed by atoms with E-state index in [0.29, 0.717) is 0 Å². The van der Waals surface area contributed by atoms with Gasteiger partial charge in [0.25, 0.3) is 0 Å². The van der Waals surface area contributed by atoms with Crippen molar-refractivity contribution >= 4 is 34.5 Å². The molecule has 0 aliphatic carbocycles. The van der Waals surface area contributed by atoms with E-state index >= 15 is 0 Å². The van der Waals surface area contributed by atoms with Gasteiger partial charge < -0.3 is 0 Å². The molecule has 0 aliphatic heterocycles. The minimum absolute atomic E-state index is 0.990. The predicted molar refractivity (Wildman–Crippen MR) is 76.8 cm³/mol. The van der Waals surface area contributed by atoms with Crippen molar-refractivity contribution in [1.29, 1.82) is 0 Å². The lowest BCUT2D eigenvalue weighted by molar-refractivity contribution is 1.35. The number of anilines is 1. The maximum Gasteiger partial charge on any atom is 0.0561 e. The lowest BCUT2D eigenvalue weighted by atomic mass is 10.2. The lowest BCUT2D eigenvalue weighted by Gasteiger charge is -1.98. The summed E-state index contributed by atoms with van der Waals surface area (Å²) in [6.45, 7) is 0. The maximum atomic E-state index is 4.16. The predicted octanol–water partition coefficient (Wildman–Crippen LogP) is 3.74. The third-order valence-corrected chi connectivity index (χ3v) is 2.77. The molecule has 0 amide bonds. The van der Waals surface area contributed by atoms with Crippen LogP contribution in [-0.2, 0) is 0 Å². The molecular weight excluding hydrogens is 311 g/mol. The molecule has 1 N–H and O–H groups in total. The average molecular weight is 322 g/mol. The Morgan fingerprint density at radius 1 is 0.938 bits per heavy atom. The van der Waals surface area contributed by atoms with E-state index in [4.69, 9.17) is 0 Å². The molecule has 3 heteroatoms. The number of nitrogens with one attached hydrogen (secondary N) is 1. The van der Waals surface area contributed by atoms with Crippen LogP contribution < -0.4 is 5.43 Å². The largest absolute Gasteiger partial charge is 0.279 e. The minimum atomic E-state index is 0.990. The summed E-state index contributed by atoms with van der Waals surface area (Å²) in [6, 6.07) is 18.1. The molecule has 0 atom stereocenters. The summed E-state index contributed by atoms with van der Waals surface area (Å²) in [6.07, 6.45) is 1.81. The van der Waals surface area contributed by atoms with Crippen LogP contribution >= 0.6 is 22.6 Å². The van der Waals surface area contributed by atoms with Gasteiger partial charge in [0, 0.05) is 3.57 Å². The van der Waals surface area contributed by atoms with Crippen molar-refractivity contribution in [2.75, 3.05) is 5.43 Å². The van der Waals surface area contributed by atoms with Crippen molar-refractivity contribution in [3.63, 3.8) is 0 Å². The monoisotopic (exact) mass is 322 g/mol. The first-order chi connectivity index (χ1) is 7.84. The van der Waals surface area contributed by atoms with Crippen LogP contribution in [-0.4, -0.2) is 6.21 Å². The van der Waals surface area contributed by atoms with Crippen LogP contribution in [0.3, 0.4) is 0 Å². The molecule has 0 bridgehead atoms. The summed E-state index contributed by atoms with van der Waals surface area (Å²) < 4.78 is 1.23. The molecule has 0 radical (unpaired) electrons. The molecule has 0 aromatic heterocycles. The molecule has 2 rings (SSSR count). The van der Waals surface area contributed by atoms with E-state index in [1.165, 1.54) is 3.57 Å². The topological polar surface area (TPSA) is 24.4 Å². The van der Waals surface area contributed by atoms with Gasteiger partial charge in [-0.05, 0) is 52.4 Å². The fourth-order valence-electron chi connectivity index (χ4n) is 1.24. The molecule has 0 unspecified atom stereocenters. The van der Waals surface area contributed by atoms with Crippen molar-refractivity contribution in [2.45, 2.75) is 0 Å². The van der Waals surface area contributed by atoms with Gasteiger partial charge >= 0.3 is 0 Å². The van der Waals surface area contributed by atoms with E-state index in [9.17, 15) is 0 Å². The molecule has 0 spiro atoms. The highest BCUT2D eigenvalue weighted by molar-refractivity contribution is 14.1. The van der Waals surface area contributed by atoms with Crippen molar-refractivity contribution in [1.82, 2.24) is 0 Å². The van der Waals surface area contributed by atoms with Crippen molar-refractivity contribution in [2.24, 2.45) is 5.10 Å². The summed E-state index contributed by atoms with van der Waals surface area (Å²) in [5.41, 5.74) is 5.05. The Kier molecular flexibility index (Phi) is 3.93. The molecule has 0 saturated carbocycles. The van der Waals surface area contributed by atoms with E-state index in [1.807, 2.05) is 48.7 Å². The zero-order valence-electron chi connectivity index (χ0n) is 8.60. The molecule has 16 heavy (non-hydrogen) atoms. The third-order valence-electron chi connectivity index (χ3n) is 2.05. The number of hydrogen-bond acceptors (Lipinski definition) is 2. The second kappa shape index (κ2) is 5.65. The highest BCUT2D eigenvalue weighted by Gasteiger charge is 1.88. The van der Waals surface area contributed by atoms with Crippen molar-refractivity contribution in [3.8, 4) is 0 Å². The lowest BCUT2D eigenvalue weighted by Crippen LogP contribution is -1.89. The molecule has 2 aromatic rings. The highest BCUT2D eigenvalue weighted by atomic mass is 127. The van der Waals surface area contributed by atoms with Crippen LogP contribution in [0.4, 0.5) is 5.69 Å². The standard InChI is InChI=1S/C13H11IN2/c14-12-8-6-11(7-9-12)10-15-16-13-4-2-1-3-5-13/h1-10,16H/b15-10+. The van der Waals surface area contributed by atoms with E-state index in [-0.39, 0.29) is 0 Å². The fourth-order valence-corrected chi connectivity index (χ4v) is 1.60. The van der Waals surface area contributed by atoms with Crippen molar-refractivity contribution < 1.29 is 0 Å². The van der Waals surface area contributed by atoms with Crippen LogP contribution in [0.25, 0.3) is 0 Å². The smallest absolute Gasteiger partial charge is 0.0561 e. The molecule has 2 aromatic carbocycles. The zero-order chi connectivity index (χ0) is 11.2. The summed E-state index contributed by atoms with van der Waals surface area (Å²) in [4.78, 5) is 0. The fraction of sp³-hybridized carbons (Fsp3) is 0. The Bertz CT molecular complexity index is 463. The van der Waals surface area contributed by atoms with Gasteiger partial charge in [-0.15, -0.1) is 0 Å². The van der Waals surface area contributed by atoms with E-state index < -0.39 is 0 Å². The minimum Gasteiger partial charge on any atom is -0.279 e. The molecule has 80 valence electrons. The molecular formula is C13H11IN2. The van der Waals surface area contributed by atoms with Gasteiger partial charge in [-0.1, -0.05) is 30.3 Å². The van der Waals surface area contributed by atoms with Gasteiger partial charge in [-0.3, -0.25) is 5.43 Å². The van der Waals surface area contributed by atoms with Crippen molar-refractivity contribution in [3.05, 3.63) is 63.7 Å². The van der Waals surface area contributed by atoms with Gasteiger partial charge in [0.2, 0.25) is 0 Å². The zero-order valence-corrected chi connectivity index (χ0v) is 10.8. The number of hydrogen-bond donors (Lipinski definition) is 1. The second-order valence-corrected chi connectivity index (χ2v) is 4.53. The summed E-state index contributed by atoms with van der Waals surface area (Å²) in [5, 5.41) is 4.16. The molecule has 0 fully saturated rings. The molecule has 0 aliphatic rings. The molecule has 0 heterocycles. The van der Waals surface area contributed by atoms with E-state index in [0.717, 1.165) is 11.3 Å². The van der Waals surface area contributed by atoms with Crippen LogP contribution in [0, 0.1) is 3.57 Å². The van der Waals surface area contributed by atoms with Crippen LogP contribution in [0.2, 0.25) is 0 Å². The average Bonchev–Trinajstić information content (AvgIpc) is 2.33. The maximum absolute atomic E-state index is 4.16. The Morgan fingerprint density at radius 3 is 2.31 bits per heavy atom. The van der Waals surface area contributed by atoms with Gasteiger partial charge in [0.15, 0.2) is 0 Å². The summed E-state index contributed by atoms with van der Waals surface area (Å²) in [7, 11) is 0. The van der Waals surface area contributed by atoms with Crippen LogP contribution in [0.5, 0.6) is 0 Å². The summed E-state index contributed by atoms with van der Waals surface area (Å²) >= 11 is 2.28. The Labute approximate surface area is 109 Å². The van der Waals surface area contributed by atoms with E-state index in [1.54, 1.807) is 0 Å². The second-order valence-electron chi connectivity index (χ2n) is 3.29.